The van der Waals surface area contributed by atoms with Gasteiger partial charge in [-0.3, -0.25) is 4.79 Å². The van der Waals surface area contributed by atoms with Crippen LogP contribution < -0.4 is 11.1 Å². The second-order valence-electron chi connectivity index (χ2n) is 2.17. The van der Waals surface area contributed by atoms with E-state index in [0.29, 0.717) is 11.0 Å². The van der Waals surface area contributed by atoms with Crippen LogP contribution in [0.2, 0.25) is 0 Å². The van der Waals surface area contributed by atoms with E-state index in [-0.39, 0.29) is 0 Å². The summed E-state index contributed by atoms with van der Waals surface area (Å²) in [5, 5.41) is 2.47. The SMILES string of the molecule is COC(=S)Nc1ccccn1.NC(=O)S. The monoisotopic (exact) mass is 245 g/mol. The molecule has 0 aliphatic carbocycles. The second-order valence-corrected chi connectivity index (χ2v) is 2.98. The van der Waals surface area contributed by atoms with Crippen molar-refractivity contribution in [2.24, 2.45) is 5.73 Å². The fraction of sp³-hybridized carbons (Fsp3) is 0.125. The highest BCUT2D eigenvalue weighted by Crippen LogP contribution is 1.99. The molecular weight excluding hydrogens is 234 g/mol. The number of nitrogens with one attached hydrogen (secondary N) is 1. The lowest BCUT2D eigenvalue weighted by Crippen LogP contribution is -2.11. The molecule has 1 aromatic heterocycles. The third-order valence-corrected chi connectivity index (χ3v) is 1.35. The van der Waals surface area contributed by atoms with Gasteiger partial charge in [0.15, 0.2) is 0 Å². The molecule has 0 saturated heterocycles. The predicted octanol–water partition coefficient (Wildman–Crippen LogP) is 1.42. The molecule has 5 nitrogen and oxygen atoms in total. The highest BCUT2D eigenvalue weighted by Gasteiger charge is 1.93. The topological polar surface area (TPSA) is 77.2 Å². The predicted molar refractivity (Wildman–Crippen MR) is 66.0 cm³/mol. The summed E-state index contributed by atoms with van der Waals surface area (Å²) in [5.74, 6) is 0.694. The van der Waals surface area contributed by atoms with E-state index in [2.05, 4.69) is 28.7 Å². The summed E-state index contributed by atoms with van der Waals surface area (Å²) >= 11 is 7.87. The molecule has 0 bridgehead atoms. The zero-order chi connectivity index (χ0) is 11.7. The van der Waals surface area contributed by atoms with Crippen molar-refractivity contribution in [1.82, 2.24) is 4.98 Å². The Morgan fingerprint density at radius 1 is 1.67 bits per heavy atom. The number of pyridine rings is 1. The number of nitrogens with two attached hydrogens (primary N) is 1. The quantitative estimate of drug-likeness (QED) is 0.515. The number of hydrogen-bond donors (Lipinski definition) is 3. The van der Waals surface area contributed by atoms with Gasteiger partial charge in [-0.2, -0.15) is 0 Å². The number of methoxy groups -OCH3 is 1. The van der Waals surface area contributed by atoms with Gasteiger partial charge < -0.3 is 15.8 Å². The third kappa shape index (κ3) is 8.98. The summed E-state index contributed by atoms with van der Waals surface area (Å²) in [4.78, 5) is 13.1. The minimum Gasteiger partial charge on any atom is -0.474 e. The molecule has 0 aromatic carbocycles. The molecule has 1 amide bonds. The van der Waals surface area contributed by atoms with E-state index in [4.69, 9.17) is 21.7 Å². The number of carbonyl (C=O) groups is 1. The molecule has 82 valence electrons. The van der Waals surface area contributed by atoms with Crippen LogP contribution in [0.1, 0.15) is 0 Å². The normalized spacial score (nSPS) is 8.13. The molecular formula is C8H11N3O2S2. The lowest BCUT2D eigenvalue weighted by atomic mass is 10.5. The Bertz CT molecular complexity index is 315. The number of aromatic nitrogens is 1. The molecule has 3 N–H and O–H groups in total. The molecule has 7 heteroatoms. The lowest BCUT2D eigenvalue weighted by Gasteiger charge is -2.03. The second kappa shape index (κ2) is 8.01. The van der Waals surface area contributed by atoms with Crippen molar-refractivity contribution in [3.63, 3.8) is 0 Å². The maximum absolute atomic E-state index is 9.09. The average Bonchev–Trinajstić information content (AvgIpc) is 2.18. The first-order chi connectivity index (χ1) is 7.06. The van der Waals surface area contributed by atoms with E-state index in [1.807, 2.05) is 18.2 Å². The number of rotatable bonds is 1. The van der Waals surface area contributed by atoms with Gasteiger partial charge in [-0.25, -0.2) is 4.98 Å². The maximum Gasteiger partial charge on any atom is 0.273 e. The molecule has 0 radical (unpaired) electrons. The summed E-state index contributed by atoms with van der Waals surface area (Å²) < 4.78 is 4.73. The minimum absolute atomic E-state index is 0.323. The van der Waals surface area contributed by atoms with Crippen molar-refractivity contribution in [2.45, 2.75) is 0 Å². The van der Waals surface area contributed by atoms with Gasteiger partial charge in [0.25, 0.3) is 10.4 Å². The molecule has 0 atom stereocenters. The van der Waals surface area contributed by atoms with Crippen molar-refractivity contribution in [3.05, 3.63) is 24.4 Å². The summed E-state index contributed by atoms with van der Waals surface area (Å²) in [6.45, 7) is 0. The van der Waals surface area contributed by atoms with Crippen LogP contribution in [0.25, 0.3) is 0 Å². The number of carbonyl (C=O) groups excluding carboxylic acids is 1. The Morgan fingerprint density at radius 3 is 2.67 bits per heavy atom. The van der Waals surface area contributed by atoms with Crippen LogP contribution in [0.5, 0.6) is 0 Å². The summed E-state index contributed by atoms with van der Waals surface area (Å²) in [6.07, 6.45) is 1.68. The number of nitrogens with zero attached hydrogens (tertiary/aromatic N) is 1. The number of ether oxygens (including phenoxy) is 1. The molecule has 0 aliphatic heterocycles. The summed E-state index contributed by atoms with van der Waals surface area (Å²) in [5.41, 5.74) is 4.34. The highest BCUT2D eigenvalue weighted by molar-refractivity contribution is 7.96. The van der Waals surface area contributed by atoms with Crippen LogP contribution in [0.3, 0.4) is 0 Å². The van der Waals surface area contributed by atoms with E-state index in [0.717, 1.165) is 0 Å². The lowest BCUT2D eigenvalue weighted by molar-refractivity contribution is 0.267. The molecule has 1 aromatic rings. The number of anilines is 1. The van der Waals surface area contributed by atoms with Crippen LogP contribution in [0.4, 0.5) is 10.6 Å². The maximum atomic E-state index is 9.09. The van der Waals surface area contributed by atoms with Gasteiger partial charge in [-0.15, -0.1) is 0 Å². The fourth-order valence-electron chi connectivity index (χ4n) is 0.592. The molecule has 1 rings (SSSR count). The molecule has 1 heterocycles. The Hall–Kier alpha value is -1.34. The minimum atomic E-state index is -0.639. The molecule has 0 aliphatic rings. The van der Waals surface area contributed by atoms with Gasteiger partial charge in [0.2, 0.25) is 0 Å². The van der Waals surface area contributed by atoms with Crippen molar-refractivity contribution < 1.29 is 9.53 Å². The first-order valence-corrected chi connectivity index (χ1v) is 4.66. The molecule has 0 unspecified atom stereocenters. The van der Waals surface area contributed by atoms with E-state index in [1.54, 1.807) is 6.20 Å². The summed E-state index contributed by atoms with van der Waals surface area (Å²) in [7, 11) is 1.51. The molecule has 0 spiro atoms. The molecule has 0 fully saturated rings. The Kier molecular flexibility index (Phi) is 7.29. The highest BCUT2D eigenvalue weighted by atomic mass is 32.1. The number of thiocarbonyl (C=S) groups is 1. The fourth-order valence-corrected chi connectivity index (χ4v) is 0.697. The first kappa shape index (κ1) is 13.7. The number of amides is 1. The van der Waals surface area contributed by atoms with E-state index in [1.165, 1.54) is 7.11 Å². The van der Waals surface area contributed by atoms with Gasteiger partial charge in [0.05, 0.1) is 7.11 Å². The average molecular weight is 245 g/mol. The van der Waals surface area contributed by atoms with Gasteiger partial charge in [-0.05, 0) is 24.4 Å². The Labute approximate surface area is 98.4 Å². The number of thiol groups is 1. The largest absolute Gasteiger partial charge is 0.474 e. The van der Waals surface area contributed by atoms with Crippen LogP contribution in [-0.4, -0.2) is 22.5 Å². The molecule has 15 heavy (non-hydrogen) atoms. The van der Waals surface area contributed by atoms with E-state index in [9.17, 15) is 0 Å². The first-order valence-electron chi connectivity index (χ1n) is 3.80. The Balaban J connectivity index is 0.000000423. The number of primary amides is 1. The van der Waals surface area contributed by atoms with Gasteiger partial charge >= 0.3 is 0 Å². The van der Waals surface area contributed by atoms with Gasteiger partial charge in [0.1, 0.15) is 5.82 Å². The van der Waals surface area contributed by atoms with Crippen LogP contribution in [0, 0.1) is 0 Å². The van der Waals surface area contributed by atoms with Crippen LogP contribution in [-0.2, 0) is 4.74 Å². The van der Waals surface area contributed by atoms with Crippen molar-refractivity contribution in [2.75, 3.05) is 12.4 Å². The van der Waals surface area contributed by atoms with Crippen LogP contribution >= 0.6 is 24.8 Å². The zero-order valence-corrected chi connectivity index (χ0v) is 9.72. The molecule has 0 saturated carbocycles. The summed E-state index contributed by atoms with van der Waals surface area (Å²) in [6, 6.07) is 5.51. The van der Waals surface area contributed by atoms with E-state index < -0.39 is 5.24 Å². The van der Waals surface area contributed by atoms with Gasteiger partial charge in [-0.1, -0.05) is 18.7 Å². The smallest absolute Gasteiger partial charge is 0.273 e. The third-order valence-electron chi connectivity index (χ3n) is 1.08. The van der Waals surface area contributed by atoms with Crippen LogP contribution in [0.15, 0.2) is 24.4 Å². The van der Waals surface area contributed by atoms with Crippen molar-refractivity contribution in [3.8, 4) is 0 Å². The number of hydrogen-bond acceptors (Lipinski definition) is 4. The van der Waals surface area contributed by atoms with Gasteiger partial charge in [0, 0.05) is 6.20 Å². The van der Waals surface area contributed by atoms with E-state index >= 15 is 0 Å². The van der Waals surface area contributed by atoms with Crippen molar-refractivity contribution in [1.29, 1.82) is 0 Å². The zero-order valence-electron chi connectivity index (χ0n) is 8.01. The Morgan fingerprint density at radius 2 is 2.27 bits per heavy atom. The standard InChI is InChI=1S/C7H8N2OS.CH3NOS/c1-10-7(11)9-6-4-2-3-5-8-6;2-1(3)4/h2-5H,1H3,(H,8,9,11);(H3,2,3,4). The van der Waals surface area contributed by atoms with Crippen molar-refractivity contribution >= 4 is 41.1 Å².